The molecule has 0 aromatic heterocycles. The molecule has 0 saturated carbocycles. The quantitative estimate of drug-likeness (QED) is 0.582. The highest BCUT2D eigenvalue weighted by molar-refractivity contribution is 5.95. The van der Waals surface area contributed by atoms with Crippen LogP contribution < -0.4 is 20.1 Å². The molecule has 1 aliphatic rings. The van der Waals surface area contributed by atoms with E-state index >= 15 is 0 Å². The van der Waals surface area contributed by atoms with Crippen molar-refractivity contribution in [2.24, 2.45) is 0 Å². The summed E-state index contributed by atoms with van der Waals surface area (Å²) < 4.78 is 17.2. The molecule has 1 unspecified atom stereocenters. The Morgan fingerprint density at radius 1 is 1.17 bits per heavy atom. The predicted octanol–water partition coefficient (Wildman–Crippen LogP) is 3.72. The Balaban J connectivity index is 1.72. The van der Waals surface area contributed by atoms with Gasteiger partial charge < -0.3 is 24.8 Å². The van der Waals surface area contributed by atoms with Crippen LogP contribution in [0.1, 0.15) is 48.2 Å². The van der Waals surface area contributed by atoms with Crippen LogP contribution in [0.3, 0.4) is 0 Å². The Morgan fingerprint density at radius 3 is 2.73 bits per heavy atom. The van der Waals surface area contributed by atoms with Gasteiger partial charge in [0.1, 0.15) is 6.10 Å². The summed E-state index contributed by atoms with van der Waals surface area (Å²) in [7, 11) is 1.67. The van der Waals surface area contributed by atoms with Gasteiger partial charge in [-0.3, -0.25) is 4.79 Å². The van der Waals surface area contributed by atoms with Gasteiger partial charge in [0.2, 0.25) is 0 Å². The second kappa shape index (κ2) is 11.6. The largest absolute Gasteiger partial charge is 0.490 e. The van der Waals surface area contributed by atoms with E-state index in [4.69, 9.17) is 14.2 Å². The predicted molar refractivity (Wildman–Crippen MR) is 117 cm³/mol. The number of hydrogen-bond acceptors (Lipinski definition) is 5. The maximum atomic E-state index is 12.7. The standard InChI is InChI=1S/C24H32N2O4/c1-18(19-8-4-3-5-9-19)30-22-12-11-20(16-23(22)29-15-7-14-28-2)24(27)26-21-10-6-13-25-17-21/h3-5,8-9,11-12,16,18,21,25H,6-7,10,13-15,17H2,1-2H3,(H,26,27)/t18?,21-/m1/s1. The molecular formula is C24H32N2O4. The van der Waals surface area contributed by atoms with Gasteiger partial charge in [-0.1, -0.05) is 30.3 Å². The van der Waals surface area contributed by atoms with E-state index in [0.717, 1.165) is 37.9 Å². The highest BCUT2D eigenvalue weighted by Crippen LogP contribution is 2.32. The minimum atomic E-state index is -0.138. The zero-order valence-corrected chi connectivity index (χ0v) is 17.9. The van der Waals surface area contributed by atoms with Gasteiger partial charge in [-0.15, -0.1) is 0 Å². The maximum absolute atomic E-state index is 12.7. The lowest BCUT2D eigenvalue weighted by Gasteiger charge is -2.24. The molecule has 162 valence electrons. The van der Waals surface area contributed by atoms with Crippen LogP contribution in [0.2, 0.25) is 0 Å². The molecule has 1 fully saturated rings. The van der Waals surface area contributed by atoms with Gasteiger partial charge in [0.15, 0.2) is 11.5 Å². The third-order valence-electron chi connectivity index (χ3n) is 5.16. The fourth-order valence-electron chi connectivity index (χ4n) is 3.47. The van der Waals surface area contributed by atoms with Gasteiger partial charge in [0, 0.05) is 38.3 Å². The van der Waals surface area contributed by atoms with Crippen molar-refractivity contribution in [3.63, 3.8) is 0 Å². The second-order valence-corrected chi connectivity index (χ2v) is 7.54. The van der Waals surface area contributed by atoms with Gasteiger partial charge in [0.05, 0.1) is 6.61 Å². The van der Waals surface area contributed by atoms with Crippen molar-refractivity contribution in [1.82, 2.24) is 10.6 Å². The summed E-state index contributed by atoms with van der Waals surface area (Å²) in [5.74, 6) is 1.11. The number of ether oxygens (including phenoxy) is 3. The highest BCUT2D eigenvalue weighted by atomic mass is 16.5. The number of methoxy groups -OCH3 is 1. The molecule has 2 aromatic carbocycles. The Morgan fingerprint density at radius 2 is 2.00 bits per heavy atom. The fourth-order valence-corrected chi connectivity index (χ4v) is 3.47. The summed E-state index contributed by atoms with van der Waals surface area (Å²) in [4.78, 5) is 12.7. The number of hydrogen-bond donors (Lipinski definition) is 2. The molecule has 0 radical (unpaired) electrons. The summed E-state index contributed by atoms with van der Waals surface area (Å²) in [5, 5.41) is 6.42. The number of carbonyl (C=O) groups is 1. The Labute approximate surface area is 178 Å². The van der Waals surface area contributed by atoms with Crippen molar-refractivity contribution in [2.75, 3.05) is 33.4 Å². The molecular weight excluding hydrogens is 380 g/mol. The number of carbonyl (C=O) groups excluding carboxylic acids is 1. The first kappa shape index (κ1) is 22.1. The summed E-state index contributed by atoms with van der Waals surface area (Å²) in [6, 6.07) is 15.6. The number of benzene rings is 2. The zero-order valence-electron chi connectivity index (χ0n) is 17.9. The molecule has 1 heterocycles. The van der Waals surface area contributed by atoms with E-state index in [-0.39, 0.29) is 18.1 Å². The van der Waals surface area contributed by atoms with E-state index in [1.165, 1.54) is 0 Å². The minimum absolute atomic E-state index is 0.0897. The third-order valence-corrected chi connectivity index (χ3v) is 5.16. The first-order valence-electron chi connectivity index (χ1n) is 10.7. The molecule has 0 bridgehead atoms. The normalized spacial score (nSPS) is 17.2. The molecule has 0 aliphatic carbocycles. The molecule has 6 heteroatoms. The molecule has 0 spiro atoms. The average molecular weight is 413 g/mol. The molecule has 2 atom stereocenters. The monoisotopic (exact) mass is 412 g/mol. The summed E-state index contributed by atoms with van der Waals surface area (Å²) in [6.45, 7) is 4.92. The highest BCUT2D eigenvalue weighted by Gasteiger charge is 2.19. The van der Waals surface area contributed by atoms with E-state index in [2.05, 4.69) is 10.6 Å². The fraction of sp³-hybridized carbons (Fsp3) is 0.458. The van der Waals surface area contributed by atoms with Crippen LogP contribution in [0.25, 0.3) is 0 Å². The van der Waals surface area contributed by atoms with Crippen molar-refractivity contribution >= 4 is 5.91 Å². The van der Waals surface area contributed by atoms with Crippen LogP contribution in [0, 0.1) is 0 Å². The van der Waals surface area contributed by atoms with Gasteiger partial charge in [-0.25, -0.2) is 0 Å². The molecule has 1 saturated heterocycles. The smallest absolute Gasteiger partial charge is 0.251 e. The molecule has 2 N–H and O–H groups in total. The van der Waals surface area contributed by atoms with Crippen LogP contribution >= 0.6 is 0 Å². The van der Waals surface area contributed by atoms with Crippen molar-refractivity contribution in [2.45, 2.75) is 38.3 Å². The minimum Gasteiger partial charge on any atom is -0.490 e. The third kappa shape index (κ3) is 6.47. The summed E-state index contributed by atoms with van der Waals surface area (Å²) >= 11 is 0. The molecule has 1 aliphatic heterocycles. The first-order chi connectivity index (χ1) is 14.7. The Hall–Kier alpha value is -2.57. The van der Waals surface area contributed by atoms with Crippen LogP contribution in [0.5, 0.6) is 11.5 Å². The number of rotatable bonds is 10. The summed E-state index contributed by atoms with van der Waals surface area (Å²) in [5.41, 5.74) is 1.65. The number of piperidine rings is 1. The zero-order chi connectivity index (χ0) is 21.2. The Bertz CT molecular complexity index is 791. The topological polar surface area (TPSA) is 68.8 Å². The molecule has 6 nitrogen and oxygen atoms in total. The van der Waals surface area contributed by atoms with Crippen LogP contribution in [-0.4, -0.2) is 45.4 Å². The van der Waals surface area contributed by atoms with Crippen LogP contribution in [0.4, 0.5) is 0 Å². The van der Waals surface area contributed by atoms with Crippen molar-refractivity contribution in [3.05, 3.63) is 59.7 Å². The van der Waals surface area contributed by atoms with Crippen LogP contribution in [-0.2, 0) is 4.74 Å². The van der Waals surface area contributed by atoms with Gasteiger partial charge in [-0.05, 0) is 50.1 Å². The number of nitrogens with one attached hydrogen (secondary N) is 2. The molecule has 1 amide bonds. The van der Waals surface area contributed by atoms with Gasteiger partial charge in [0.25, 0.3) is 5.91 Å². The lowest BCUT2D eigenvalue weighted by atomic mass is 10.1. The number of amides is 1. The average Bonchev–Trinajstić information content (AvgIpc) is 2.78. The first-order valence-corrected chi connectivity index (χ1v) is 10.7. The summed E-state index contributed by atoms with van der Waals surface area (Å²) in [6.07, 6.45) is 2.69. The SMILES string of the molecule is COCCCOc1cc(C(=O)N[C@@H]2CCCNC2)ccc1OC(C)c1ccccc1. The lowest BCUT2D eigenvalue weighted by molar-refractivity contribution is 0.0930. The van der Waals surface area contributed by atoms with Gasteiger partial charge in [-0.2, -0.15) is 0 Å². The Kier molecular flexibility index (Phi) is 8.53. The molecule has 2 aromatic rings. The van der Waals surface area contributed by atoms with Crippen molar-refractivity contribution < 1.29 is 19.0 Å². The van der Waals surface area contributed by atoms with Crippen molar-refractivity contribution in [1.29, 1.82) is 0 Å². The van der Waals surface area contributed by atoms with E-state index in [9.17, 15) is 4.79 Å². The maximum Gasteiger partial charge on any atom is 0.251 e. The second-order valence-electron chi connectivity index (χ2n) is 7.54. The van der Waals surface area contributed by atoms with Crippen molar-refractivity contribution in [3.8, 4) is 11.5 Å². The molecule has 30 heavy (non-hydrogen) atoms. The lowest BCUT2D eigenvalue weighted by Crippen LogP contribution is -2.45. The molecule has 3 rings (SSSR count). The van der Waals surface area contributed by atoms with E-state index < -0.39 is 0 Å². The van der Waals surface area contributed by atoms with Gasteiger partial charge >= 0.3 is 0 Å². The van der Waals surface area contributed by atoms with E-state index in [1.54, 1.807) is 19.2 Å². The van der Waals surface area contributed by atoms with Crippen LogP contribution in [0.15, 0.2) is 48.5 Å². The van der Waals surface area contributed by atoms with E-state index in [1.807, 2.05) is 43.3 Å². The van der Waals surface area contributed by atoms with E-state index in [0.29, 0.717) is 30.3 Å².